The van der Waals surface area contributed by atoms with E-state index in [2.05, 4.69) is 38.0 Å². The Morgan fingerprint density at radius 2 is 1.84 bits per heavy atom. The highest BCUT2D eigenvalue weighted by Crippen LogP contribution is 2.13. The van der Waals surface area contributed by atoms with E-state index >= 15 is 0 Å². The van der Waals surface area contributed by atoms with Crippen LogP contribution in [0.3, 0.4) is 0 Å². The summed E-state index contributed by atoms with van der Waals surface area (Å²) in [5.74, 6) is 0.625. The van der Waals surface area contributed by atoms with Crippen LogP contribution in [0.1, 0.15) is 59.3 Å². The third-order valence-corrected chi connectivity index (χ3v) is 3.68. The second kappa shape index (κ2) is 11.3. The summed E-state index contributed by atoms with van der Waals surface area (Å²) in [6.07, 6.45) is 7.07. The molecule has 0 amide bonds. The van der Waals surface area contributed by atoms with Crippen LogP contribution in [-0.4, -0.2) is 25.7 Å². The molecule has 0 saturated heterocycles. The van der Waals surface area contributed by atoms with Crippen molar-refractivity contribution in [3.63, 3.8) is 0 Å². The van der Waals surface area contributed by atoms with E-state index in [9.17, 15) is 0 Å². The summed E-state index contributed by atoms with van der Waals surface area (Å²) >= 11 is 0. The summed E-state index contributed by atoms with van der Waals surface area (Å²) in [5, 5.41) is 6.72. The first kappa shape index (κ1) is 18.5. The van der Waals surface area contributed by atoms with Gasteiger partial charge in [-0.1, -0.05) is 46.6 Å². The van der Waals surface area contributed by atoms with E-state index < -0.39 is 0 Å². The number of rotatable bonds is 12. The Labute approximate surface area is 120 Å². The van der Waals surface area contributed by atoms with Gasteiger partial charge in [-0.25, -0.2) is 0 Å². The molecule has 0 spiro atoms. The molecule has 114 valence electrons. The predicted molar refractivity (Wildman–Crippen MR) is 86.2 cm³/mol. The van der Waals surface area contributed by atoms with Crippen LogP contribution >= 0.6 is 0 Å². The van der Waals surface area contributed by atoms with E-state index in [1.165, 1.54) is 25.7 Å². The van der Waals surface area contributed by atoms with Crippen LogP contribution in [0, 0.1) is 5.92 Å². The van der Waals surface area contributed by atoms with E-state index in [0.29, 0.717) is 12.0 Å². The predicted octanol–water partition coefficient (Wildman–Crippen LogP) is 3.02. The zero-order valence-corrected chi connectivity index (χ0v) is 13.5. The molecule has 2 atom stereocenters. The molecule has 3 heteroatoms. The van der Waals surface area contributed by atoms with Crippen molar-refractivity contribution in [3.8, 4) is 0 Å². The van der Waals surface area contributed by atoms with E-state index in [4.69, 9.17) is 5.73 Å². The van der Waals surface area contributed by atoms with Gasteiger partial charge in [0.2, 0.25) is 0 Å². The second-order valence-electron chi connectivity index (χ2n) is 5.87. The molecule has 0 saturated carbocycles. The van der Waals surface area contributed by atoms with Gasteiger partial charge in [-0.05, 0) is 38.8 Å². The molecular weight excluding hydrogens is 234 g/mol. The molecule has 0 aromatic heterocycles. The van der Waals surface area contributed by atoms with Gasteiger partial charge in [0.1, 0.15) is 0 Å². The normalized spacial score (nSPS) is 14.4. The fourth-order valence-corrected chi connectivity index (χ4v) is 2.18. The van der Waals surface area contributed by atoms with Crippen molar-refractivity contribution in [1.29, 1.82) is 0 Å². The average molecular weight is 269 g/mol. The maximum Gasteiger partial charge on any atom is 0.0438 e. The number of hydrogen-bond acceptors (Lipinski definition) is 3. The smallest absolute Gasteiger partial charge is 0.0438 e. The highest BCUT2D eigenvalue weighted by Gasteiger charge is 2.15. The first-order chi connectivity index (χ1) is 9.02. The summed E-state index contributed by atoms with van der Waals surface area (Å²) < 4.78 is 0. The minimum absolute atomic E-state index is 0.0831. The average Bonchev–Trinajstić information content (AvgIpc) is 2.38. The second-order valence-corrected chi connectivity index (χ2v) is 5.87. The Morgan fingerprint density at radius 3 is 2.37 bits per heavy atom. The quantitative estimate of drug-likeness (QED) is 0.477. The van der Waals surface area contributed by atoms with Crippen molar-refractivity contribution in [2.75, 3.05) is 13.6 Å². The zero-order chi connectivity index (χ0) is 14.7. The van der Waals surface area contributed by atoms with Gasteiger partial charge in [-0.15, -0.1) is 0 Å². The van der Waals surface area contributed by atoms with Crippen molar-refractivity contribution < 1.29 is 0 Å². The van der Waals surface area contributed by atoms with Crippen LogP contribution in [0.4, 0.5) is 0 Å². The lowest BCUT2D eigenvalue weighted by molar-refractivity contribution is 0.383. The number of unbranched alkanes of at least 4 members (excludes halogenated alkanes) is 2. The van der Waals surface area contributed by atoms with Gasteiger partial charge in [-0.2, -0.15) is 0 Å². The van der Waals surface area contributed by atoms with Gasteiger partial charge in [-0.3, -0.25) is 0 Å². The molecule has 3 nitrogen and oxygen atoms in total. The third kappa shape index (κ3) is 9.06. The summed E-state index contributed by atoms with van der Waals surface area (Å²) in [4.78, 5) is 0. The lowest BCUT2D eigenvalue weighted by atomic mass is 9.97. The first-order valence-electron chi connectivity index (χ1n) is 7.88. The SMILES string of the molecule is C=C(NC(CCCC)C(C)C)C(N)CCCCNC. The molecule has 0 aliphatic heterocycles. The van der Waals surface area contributed by atoms with E-state index in [0.717, 1.165) is 25.1 Å². The molecule has 0 bridgehead atoms. The molecule has 4 N–H and O–H groups in total. The van der Waals surface area contributed by atoms with Gasteiger partial charge >= 0.3 is 0 Å². The highest BCUT2D eigenvalue weighted by atomic mass is 15.0. The van der Waals surface area contributed by atoms with Crippen molar-refractivity contribution >= 4 is 0 Å². The van der Waals surface area contributed by atoms with E-state index in [1.807, 2.05) is 7.05 Å². The molecule has 0 aromatic rings. The zero-order valence-electron chi connectivity index (χ0n) is 13.5. The largest absolute Gasteiger partial charge is 0.385 e. The fraction of sp³-hybridized carbons (Fsp3) is 0.875. The molecule has 0 radical (unpaired) electrons. The van der Waals surface area contributed by atoms with Crippen molar-refractivity contribution in [2.45, 2.75) is 71.4 Å². The molecule has 0 fully saturated rings. The summed E-state index contributed by atoms with van der Waals surface area (Å²) in [6, 6.07) is 0.593. The Morgan fingerprint density at radius 1 is 1.16 bits per heavy atom. The highest BCUT2D eigenvalue weighted by molar-refractivity contribution is 5.03. The maximum atomic E-state index is 6.19. The van der Waals surface area contributed by atoms with Crippen LogP contribution in [0.2, 0.25) is 0 Å². The lowest BCUT2D eigenvalue weighted by Gasteiger charge is -2.27. The van der Waals surface area contributed by atoms with Crippen molar-refractivity contribution in [3.05, 3.63) is 12.3 Å². The number of nitrogens with one attached hydrogen (secondary N) is 2. The topological polar surface area (TPSA) is 50.1 Å². The molecule has 0 aliphatic carbocycles. The molecule has 19 heavy (non-hydrogen) atoms. The van der Waals surface area contributed by atoms with E-state index in [-0.39, 0.29) is 6.04 Å². The van der Waals surface area contributed by atoms with Gasteiger partial charge in [0.25, 0.3) is 0 Å². The van der Waals surface area contributed by atoms with Gasteiger partial charge < -0.3 is 16.4 Å². The minimum Gasteiger partial charge on any atom is -0.385 e. The van der Waals surface area contributed by atoms with E-state index in [1.54, 1.807) is 0 Å². The minimum atomic E-state index is 0.0831. The standard InChI is InChI=1S/C16H35N3/c1-6-7-11-16(13(2)3)19-14(4)15(17)10-8-9-12-18-5/h13,15-16,18-19H,4,6-12,17H2,1-3,5H3. The molecule has 0 aliphatic rings. The summed E-state index contributed by atoms with van der Waals surface area (Å²) in [7, 11) is 1.99. The van der Waals surface area contributed by atoms with Crippen LogP contribution in [0.25, 0.3) is 0 Å². The summed E-state index contributed by atoms with van der Waals surface area (Å²) in [6.45, 7) is 12.0. The van der Waals surface area contributed by atoms with Gasteiger partial charge in [0, 0.05) is 17.8 Å². The van der Waals surface area contributed by atoms with Crippen molar-refractivity contribution in [1.82, 2.24) is 10.6 Å². The van der Waals surface area contributed by atoms with Crippen LogP contribution < -0.4 is 16.4 Å². The monoisotopic (exact) mass is 269 g/mol. The van der Waals surface area contributed by atoms with Gasteiger partial charge in [0.15, 0.2) is 0 Å². The maximum absolute atomic E-state index is 6.19. The Balaban J connectivity index is 4.01. The van der Waals surface area contributed by atoms with Crippen LogP contribution in [0.5, 0.6) is 0 Å². The molecule has 0 heterocycles. The fourth-order valence-electron chi connectivity index (χ4n) is 2.18. The molecule has 0 rings (SSSR count). The first-order valence-corrected chi connectivity index (χ1v) is 7.88. The number of hydrogen-bond donors (Lipinski definition) is 3. The Bertz CT molecular complexity index is 226. The lowest BCUT2D eigenvalue weighted by Crippen LogP contribution is -2.39. The third-order valence-electron chi connectivity index (χ3n) is 3.68. The molecule has 2 unspecified atom stereocenters. The van der Waals surface area contributed by atoms with Gasteiger partial charge in [0.05, 0.1) is 0 Å². The number of nitrogens with two attached hydrogens (primary N) is 1. The molecular formula is C16H35N3. The van der Waals surface area contributed by atoms with Crippen LogP contribution in [0.15, 0.2) is 12.3 Å². The Kier molecular flexibility index (Phi) is 11.0. The van der Waals surface area contributed by atoms with Crippen molar-refractivity contribution in [2.24, 2.45) is 11.7 Å². The van der Waals surface area contributed by atoms with Crippen LogP contribution in [-0.2, 0) is 0 Å². The summed E-state index contributed by atoms with van der Waals surface area (Å²) in [5.41, 5.74) is 7.21. The molecule has 0 aromatic carbocycles. The Hall–Kier alpha value is -0.540.